The predicted octanol–water partition coefficient (Wildman–Crippen LogP) is 4.27. The van der Waals surface area contributed by atoms with Crippen LogP contribution < -0.4 is 20.9 Å². The maximum absolute atomic E-state index is 12.6. The Kier molecular flexibility index (Phi) is 6.90. The Morgan fingerprint density at radius 3 is 2.55 bits per heavy atom. The molecule has 0 aromatic heterocycles. The molecule has 1 aliphatic heterocycles. The molecule has 0 atom stereocenters. The van der Waals surface area contributed by atoms with Gasteiger partial charge in [0.2, 0.25) is 0 Å². The number of hydrogen-bond donors (Lipinski definition) is 3. The molecule has 0 bridgehead atoms. The van der Waals surface area contributed by atoms with Crippen LogP contribution in [0.4, 0.5) is 21.0 Å². The van der Waals surface area contributed by atoms with Crippen LogP contribution in [-0.2, 0) is 13.1 Å². The topological polar surface area (TPSA) is 76.7 Å². The third kappa shape index (κ3) is 5.70. The molecule has 0 aliphatic carbocycles. The molecule has 0 unspecified atom stereocenters. The fourth-order valence-electron chi connectivity index (χ4n) is 3.93. The summed E-state index contributed by atoms with van der Waals surface area (Å²) in [4.78, 5) is 28.2. The van der Waals surface area contributed by atoms with Crippen molar-refractivity contribution in [3.05, 3.63) is 83.9 Å². The predicted molar refractivity (Wildman–Crippen MR) is 132 cm³/mol. The van der Waals surface area contributed by atoms with E-state index < -0.39 is 0 Å². The number of nitrogens with zero attached hydrogens (tertiary/aromatic N) is 2. The molecule has 7 nitrogen and oxygen atoms in total. The van der Waals surface area contributed by atoms with Crippen molar-refractivity contribution in [3.63, 3.8) is 0 Å². The smallest absolute Gasteiger partial charge is 0.321 e. The first kappa shape index (κ1) is 22.4. The summed E-state index contributed by atoms with van der Waals surface area (Å²) in [5.74, 6) is 0. The Balaban J connectivity index is 1.40. The number of benzene rings is 3. The van der Waals surface area contributed by atoms with Crippen molar-refractivity contribution in [2.75, 3.05) is 37.4 Å². The number of nitrogens with one attached hydrogen (secondary N) is 3. The van der Waals surface area contributed by atoms with Gasteiger partial charge in [0.1, 0.15) is 0 Å². The molecule has 1 aliphatic rings. The molecule has 3 aromatic carbocycles. The van der Waals surface area contributed by atoms with Crippen LogP contribution in [0.5, 0.6) is 0 Å². The molecule has 1 heterocycles. The summed E-state index contributed by atoms with van der Waals surface area (Å²) in [6.07, 6.45) is 0. The van der Waals surface area contributed by atoms with Crippen LogP contribution in [0.15, 0.2) is 72.8 Å². The lowest BCUT2D eigenvalue weighted by Crippen LogP contribution is -2.29. The lowest BCUT2D eigenvalue weighted by Gasteiger charge is -2.16. The lowest BCUT2D eigenvalue weighted by atomic mass is 9.98. The summed E-state index contributed by atoms with van der Waals surface area (Å²) in [6.45, 7) is 2.53. The van der Waals surface area contributed by atoms with Gasteiger partial charge in [0.15, 0.2) is 0 Å². The van der Waals surface area contributed by atoms with E-state index in [1.807, 2.05) is 30.3 Å². The largest absolute Gasteiger partial charge is 0.336 e. The van der Waals surface area contributed by atoms with E-state index in [9.17, 15) is 9.59 Å². The summed E-state index contributed by atoms with van der Waals surface area (Å²) in [6, 6.07) is 23.5. The Labute approximate surface area is 194 Å². The number of urea groups is 2. The van der Waals surface area contributed by atoms with Crippen molar-refractivity contribution in [1.29, 1.82) is 0 Å². The SMILES string of the molecule is CN(C)Cc1ccc(-c2ccccc2CNC(=O)Nc2cccc(N3CCNC3=O)c2)cc1. The van der Waals surface area contributed by atoms with E-state index in [4.69, 9.17) is 0 Å². The molecular formula is C26H29N5O2. The molecule has 1 fully saturated rings. The van der Waals surface area contributed by atoms with Gasteiger partial charge in [-0.05, 0) is 54.5 Å². The van der Waals surface area contributed by atoms with E-state index in [2.05, 4.69) is 65.3 Å². The zero-order valence-corrected chi connectivity index (χ0v) is 19.0. The summed E-state index contributed by atoms with van der Waals surface area (Å²) in [5, 5.41) is 8.59. The normalized spacial score (nSPS) is 13.2. The maximum atomic E-state index is 12.6. The fourth-order valence-corrected chi connectivity index (χ4v) is 3.93. The van der Waals surface area contributed by atoms with E-state index in [-0.39, 0.29) is 12.1 Å². The number of rotatable bonds is 7. The highest BCUT2D eigenvalue weighted by atomic mass is 16.2. The lowest BCUT2D eigenvalue weighted by molar-refractivity contribution is 0.251. The molecular weight excluding hydrogens is 414 g/mol. The number of amides is 4. The highest BCUT2D eigenvalue weighted by Crippen LogP contribution is 2.25. The van der Waals surface area contributed by atoms with Crippen LogP contribution in [0.2, 0.25) is 0 Å². The van der Waals surface area contributed by atoms with Crippen LogP contribution in [0, 0.1) is 0 Å². The third-order valence-electron chi connectivity index (χ3n) is 5.49. The monoisotopic (exact) mass is 443 g/mol. The fraction of sp³-hybridized carbons (Fsp3) is 0.231. The van der Waals surface area contributed by atoms with Gasteiger partial charge in [0, 0.05) is 37.6 Å². The molecule has 4 rings (SSSR count). The highest BCUT2D eigenvalue weighted by Gasteiger charge is 2.21. The van der Waals surface area contributed by atoms with Crippen LogP contribution in [0.1, 0.15) is 11.1 Å². The maximum Gasteiger partial charge on any atom is 0.321 e. The first-order chi connectivity index (χ1) is 16.0. The van der Waals surface area contributed by atoms with Gasteiger partial charge < -0.3 is 20.9 Å². The molecule has 170 valence electrons. The number of hydrogen-bond acceptors (Lipinski definition) is 3. The Bertz CT molecular complexity index is 1130. The van der Waals surface area contributed by atoms with E-state index in [1.165, 1.54) is 5.56 Å². The van der Waals surface area contributed by atoms with Gasteiger partial charge in [-0.15, -0.1) is 0 Å². The molecule has 0 spiro atoms. The standard InChI is InChI=1S/C26H29N5O2/c1-30(2)18-19-10-12-20(13-11-19)24-9-4-3-6-21(24)17-28-25(32)29-22-7-5-8-23(16-22)31-15-14-27-26(31)33/h3-13,16H,14-15,17-18H2,1-2H3,(H,27,33)(H2,28,29,32). The van der Waals surface area contributed by atoms with Crippen molar-refractivity contribution in [2.45, 2.75) is 13.1 Å². The molecule has 3 N–H and O–H groups in total. The summed E-state index contributed by atoms with van der Waals surface area (Å²) < 4.78 is 0. The number of carbonyl (C=O) groups is 2. The molecule has 4 amide bonds. The molecule has 0 radical (unpaired) electrons. The third-order valence-corrected chi connectivity index (χ3v) is 5.49. The van der Waals surface area contributed by atoms with Crippen molar-refractivity contribution < 1.29 is 9.59 Å². The summed E-state index contributed by atoms with van der Waals surface area (Å²) >= 11 is 0. The second-order valence-electron chi connectivity index (χ2n) is 8.33. The van der Waals surface area contributed by atoms with E-state index in [0.29, 0.717) is 25.3 Å². The van der Waals surface area contributed by atoms with Gasteiger partial charge in [-0.3, -0.25) is 4.90 Å². The van der Waals surface area contributed by atoms with Crippen molar-refractivity contribution in [2.24, 2.45) is 0 Å². The van der Waals surface area contributed by atoms with Crippen molar-refractivity contribution in [1.82, 2.24) is 15.5 Å². The van der Waals surface area contributed by atoms with Crippen LogP contribution in [0.3, 0.4) is 0 Å². The minimum atomic E-state index is -0.297. The number of anilines is 2. The summed E-state index contributed by atoms with van der Waals surface area (Å²) in [7, 11) is 4.11. The summed E-state index contributed by atoms with van der Waals surface area (Å²) in [5.41, 5.74) is 5.89. The first-order valence-electron chi connectivity index (χ1n) is 11.0. The second kappa shape index (κ2) is 10.2. The Morgan fingerprint density at radius 1 is 1.03 bits per heavy atom. The van der Waals surface area contributed by atoms with Gasteiger partial charge in [0.25, 0.3) is 0 Å². The van der Waals surface area contributed by atoms with Crippen molar-refractivity contribution in [3.8, 4) is 11.1 Å². The minimum absolute atomic E-state index is 0.122. The average molecular weight is 444 g/mol. The van der Waals surface area contributed by atoms with Gasteiger partial charge >= 0.3 is 12.1 Å². The average Bonchev–Trinajstić information content (AvgIpc) is 3.24. The minimum Gasteiger partial charge on any atom is -0.336 e. The Morgan fingerprint density at radius 2 is 1.82 bits per heavy atom. The van der Waals surface area contributed by atoms with E-state index >= 15 is 0 Å². The number of carbonyl (C=O) groups excluding carboxylic acids is 2. The van der Waals surface area contributed by atoms with E-state index in [1.54, 1.807) is 17.0 Å². The van der Waals surface area contributed by atoms with Crippen LogP contribution in [0.25, 0.3) is 11.1 Å². The molecule has 3 aromatic rings. The van der Waals surface area contributed by atoms with Gasteiger partial charge in [-0.25, -0.2) is 9.59 Å². The van der Waals surface area contributed by atoms with Gasteiger partial charge in [-0.2, -0.15) is 0 Å². The van der Waals surface area contributed by atoms with Crippen molar-refractivity contribution >= 4 is 23.4 Å². The molecule has 0 saturated carbocycles. The second-order valence-corrected chi connectivity index (χ2v) is 8.33. The zero-order chi connectivity index (χ0) is 23.2. The van der Waals surface area contributed by atoms with E-state index in [0.717, 1.165) is 28.9 Å². The van der Waals surface area contributed by atoms with Crippen LogP contribution >= 0.6 is 0 Å². The first-order valence-corrected chi connectivity index (χ1v) is 11.0. The Hall–Kier alpha value is -3.84. The van der Waals surface area contributed by atoms with Gasteiger partial charge in [0.05, 0.1) is 0 Å². The molecule has 33 heavy (non-hydrogen) atoms. The van der Waals surface area contributed by atoms with Crippen LogP contribution in [-0.4, -0.2) is 44.1 Å². The van der Waals surface area contributed by atoms with Gasteiger partial charge in [-0.1, -0.05) is 54.6 Å². The quantitative estimate of drug-likeness (QED) is 0.511. The highest BCUT2D eigenvalue weighted by molar-refractivity contribution is 5.95. The molecule has 7 heteroatoms. The molecule has 1 saturated heterocycles. The zero-order valence-electron chi connectivity index (χ0n) is 19.0.